The Balaban J connectivity index is 1.76. The van der Waals surface area contributed by atoms with Crippen LogP contribution in [0.5, 0.6) is 0 Å². The maximum Gasteiger partial charge on any atom is 0.432 e. The molecule has 0 saturated carbocycles. The van der Waals surface area contributed by atoms with Crippen molar-refractivity contribution in [1.82, 2.24) is 19.9 Å². The van der Waals surface area contributed by atoms with Crippen LogP contribution in [-0.4, -0.2) is 32.8 Å². The van der Waals surface area contributed by atoms with Crippen LogP contribution in [-0.2, 0) is 4.79 Å². The predicted octanol–water partition coefficient (Wildman–Crippen LogP) is 4.54. The van der Waals surface area contributed by atoms with Gasteiger partial charge in [0.1, 0.15) is 5.70 Å². The third kappa shape index (κ3) is 6.79. The number of nitrogens with one attached hydrogen (secondary N) is 3. The standard InChI is InChI=1S/C28H28ClF3N8O2/c1-15-3-2-4-23(21-9-16(7-8-36-21)26(35)22(12-33)39-27(15)42)40-14-38-20(11-25(40)41)18-10-17(29)5-6-19(18)37-13-24(34)28(30,31)32/h5-15,23,33,37H,2-4,34-35H2,1H3,(H,39,42)/b24-13-,26-22+,33-12?. The minimum Gasteiger partial charge on any atom is -0.397 e. The molecule has 220 valence electrons. The van der Waals surface area contributed by atoms with Gasteiger partial charge in [-0.15, -0.1) is 0 Å². The first-order chi connectivity index (χ1) is 19.9. The van der Waals surface area contributed by atoms with E-state index in [0.29, 0.717) is 36.7 Å². The molecule has 7 N–H and O–H groups in total. The van der Waals surface area contributed by atoms with Crippen molar-refractivity contribution < 1.29 is 18.0 Å². The third-order valence-corrected chi connectivity index (χ3v) is 7.06. The molecule has 2 unspecified atom stereocenters. The van der Waals surface area contributed by atoms with Crippen LogP contribution in [0.3, 0.4) is 0 Å². The molecule has 14 heteroatoms. The Hall–Kier alpha value is -4.65. The van der Waals surface area contributed by atoms with E-state index in [9.17, 15) is 22.8 Å². The molecular weight excluding hydrogens is 573 g/mol. The molecule has 0 aliphatic carbocycles. The molecule has 2 aromatic heterocycles. The Morgan fingerprint density at radius 2 is 1.95 bits per heavy atom. The minimum atomic E-state index is -4.72. The Morgan fingerprint density at radius 3 is 2.64 bits per heavy atom. The van der Waals surface area contributed by atoms with Gasteiger partial charge in [-0.25, -0.2) is 4.98 Å². The maximum atomic E-state index is 13.5. The lowest BCUT2D eigenvalue weighted by molar-refractivity contribution is -0.123. The van der Waals surface area contributed by atoms with Crippen molar-refractivity contribution in [3.8, 4) is 11.3 Å². The second kappa shape index (κ2) is 12.5. The number of alkyl halides is 3. The molecule has 1 amide bonds. The van der Waals surface area contributed by atoms with E-state index in [1.54, 1.807) is 19.1 Å². The van der Waals surface area contributed by atoms with Gasteiger partial charge in [-0.2, -0.15) is 13.2 Å². The van der Waals surface area contributed by atoms with E-state index in [4.69, 9.17) is 28.5 Å². The highest BCUT2D eigenvalue weighted by Gasteiger charge is 2.31. The monoisotopic (exact) mass is 600 g/mol. The zero-order valence-corrected chi connectivity index (χ0v) is 23.1. The molecule has 1 aromatic carbocycles. The lowest BCUT2D eigenvalue weighted by Crippen LogP contribution is -2.31. The van der Waals surface area contributed by atoms with Crippen LogP contribution in [0.2, 0.25) is 5.02 Å². The molecule has 10 nitrogen and oxygen atoms in total. The summed E-state index contributed by atoms with van der Waals surface area (Å²) in [7, 11) is 0. The van der Waals surface area contributed by atoms with Gasteiger partial charge >= 0.3 is 6.18 Å². The van der Waals surface area contributed by atoms with Crippen LogP contribution < -0.4 is 27.7 Å². The summed E-state index contributed by atoms with van der Waals surface area (Å²) in [6, 6.07) is 8.40. The van der Waals surface area contributed by atoms with Crippen molar-refractivity contribution in [2.24, 2.45) is 17.4 Å². The van der Waals surface area contributed by atoms with E-state index in [1.165, 1.54) is 41.4 Å². The van der Waals surface area contributed by atoms with Crippen LogP contribution in [0, 0.1) is 11.3 Å². The summed E-state index contributed by atoms with van der Waals surface area (Å²) in [5.41, 5.74) is 11.6. The van der Waals surface area contributed by atoms with E-state index in [1.807, 2.05) is 0 Å². The van der Waals surface area contributed by atoms with E-state index >= 15 is 0 Å². The first-order valence-corrected chi connectivity index (χ1v) is 13.2. The fraction of sp³-hybridized carbons (Fsp3) is 0.250. The lowest BCUT2D eigenvalue weighted by Gasteiger charge is -2.22. The average molecular weight is 601 g/mol. The normalized spacial score (nSPS) is 20.2. The third-order valence-electron chi connectivity index (χ3n) is 6.83. The first-order valence-electron chi connectivity index (χ1n) is 12.8. The summed E-state index contributed by atoms with van der Waals surface area (Å²) < 4.78 is 40.0. The zero-order valence-electron chi connectivity index (χ0n) is 22.4. The molecule has 0 spiro atoms. The van der Waals surface area contributed by atoms with Gasteiger partial charge in [-0.1, -0.05) is 24.9 Å². The highest BCUT2D eigenvalue weighted by molar-refractivity contribution is 6.31. The van der Waals surface area contributed by atoms with Crippen LogP contribution in [0.15, 0.2) is 71.3 Å². The van der Waals surface area contributed by atoms with Crippen molar-refractivity contribution in [3.63, 3.8) is 0 Å². The summed E-state index contributed by atoms with van der Waals surface area (Å²) in [6.45, 7) is 1.77. The van der Waals surface area contributed by atoms with Crippen LogP contribution in [0.4, 0.5) is 18.9 Å². The SMILES string of the molecule is CC1CCCC(n2cnc(-c3cc(Cl)ccc3N/C=C(\N)C(F)(F)F)cc2=O)c2cc(ccn2)/C(N)=C(/C=N)NC1=O. The second-order valence-electron chi connectivity index (χ2n) is 9.73. The van der Waals surface area contributed by atoms with E-state index in [0.717, 1.165) is 6.21 Å². The Bertz CT molecular complexity index is 1630. The van der Waals surface area contributed by atoms with E-state index in [-0.39, 0.29) is 45.2 Å². The Labute approximate surface area is 243 Å². The van der Waals surface area contributed by atoms with Gasteiger partial charge in [0.25, 0.3) is 5.56 Å². The zero-order chi connectivity index (χ0) is 30.6. The van der Waals surface area contributed by atoms with E-state index < -0.39 is 23.5 Å². The smallest absolute Gasteiger partial charge is 0.397 e. The summed E-state index contributed by atoms with van der Waals surface area (Å²) in [5.74, 6) is -0.658. The number of nitrogens with two attached hydrogens (primary N) is 2. The summed E-state index contributed by atoms with van der Waals surface area (Å²) in [6.07, 6.45) is 1.24. The lowest BCUT2D eigenvalue weighted by atomic mass is 9.97. The molecule has 0 saturated heterocycles. The molecule has 2 atom stereocenters. The number of fused-ring (bicyclic) bond motifs is 2. The molecular formula is C28H28ClF3N8O2. The molecule has 0 radical (unpaired) electrons. The maximum absolute atomic E-state index is 13.5. The fourth-order valence-corrected chi connectivity index (χ4v) is 4.62. The molecule has 1 aliphatic rings. The molecule has 42 heavy (non-hydrogen) atoms. The predicted molar refractivity (Wildman–Crippen MR) is 154 cm³/mol. The van der Waals surface area contributed by atoms with Gasteiger partial charge in [-0.3, -0.25) is 19.1 Å². The number of anilines is 1. The van der Waals surface area contributed by atoms with Crippen LogP contribution in [0.25, 0.3) is 17.0 Å². The van der Waals surface area contributed by atoms with Gasteiger partial charge in [0.2, 0.25) is 5.91 Å². The number of allylic oxidation sites excluding steroid dienone is 2. The van der Waals surface area contributed by atoms with Crippen LogP contribution in [0.1, 0.15) is 43.5 Å². The summed E-state index contributed by atoms with van der Waals surface area (Å²) in [4.78, 5) is 35.1. The number of pyridine rings is 1. The number of nitrogens with zero attached hydrogens (tertiary/aromatic N) is 3. The largest absolute Gasteiger partial charge is 0.432 e. The van der Waals surface area contributed by atoms with Gasteiger partial charge in [0, 0.05) is 52.4 Å². The molecule has 2 bridgehead atoms. The van der Waals surface area contributed by atoms with Gasteiger partial charge in [0.15, 0.2) is 0 Å². The topological polar surface area (TPSA) is 165 Å². The average Bonchev–Trinajstić information content (AvgIpc) is 2.96. The van der Waals surface area contributed by atoms with Gasteiger partial charge in [0.05, 0.1) is 35.2 Å². The number of carbonyl (C=O) groups is 1. The highest BCUT2D eigenvalue weighted by Crippen LogP contribution is 2.31. The number of rotatable bonds is 5. The Morgan fingerprint density at radius 1 is 1.19 bits per heavy atom. The van der Waals surface area contributed by atoms with Crippen molar-refractivity contribution >= 4 is 35.1 Å². The number of benzene rings is 1. The molecule has 1 aliphatic heterocycles. The second-order valence-corrected chi connectivity index (χ2v) is 10.2. The molecule has 0 fully saturated rings. The van der Waals surface area contributed by atoms with Crippen molar-refractivity contribution in [3.05, 3.63) is 93.2 Å². The highest BCUT2D eigenvalue weighted by atomic mass is 35.5. The number of aromatic nitrogens is 3. The van der Waals surface area contributed by atoms with Gasteiger partial charge in [-0.05, 0) is 43.2 Å². The van der Waals surface area contributed by atoms with Crippen molar-refractivity contribution in [2.45, 2.75) is 38.4 Å². The Kier molecular flexibility index (Phi) is 9.00. The van der Waals surface area contributed by atoms with Crippen molar-refractivity contribution in [1.29, 1.82) is 5.41 Å². The molecule has 3 aromatic rings. The number of hydrogen-bond acceptors (Lipinski definition) is 8. The van der Waals surface area contributed by atoms with Crippen molar-refractivity contribution in [2.75, 3.05) is 5.32 Å². The minimum absolute atomic E-state index is 0.155. The fourth-order valence-electron chi connectivity index (χ4n) is 4.45. The van der Waals surface area contributed by atoms with Crippen LogP contribution >= 0.6 is 11.6 Å². The number of carbonyl (C=O) groups excluding carboxylic acids is 1. The summed E-state index contributed by atoms with van der Waals surface area (Å²) >= 11 is 6.15. The quantitative estimate of drug-likeness (QED) is 0.268. The first kappa shape index (κ1) is 30.3. The molecule has 4 rings (SSSR count). The number of amides is 1. The van der Waals surface area contributed by atoms with E-state index in [2.05, 4.69) is 20.6 Å². The number of hydrogen-bond donors (Lipinski definition) is 5. The number of halogens is 4. The van der Waals surface area contributed by atoms with Gasteiger partial charge < -0.3 is 27.5 Å². The summed E-state index contributed by atoms with van der Waals surface area (Å²) in [5, 5.41) is 13.2. The molecule has 3 heterocycles.